The van der Waals surface area contributed by atoms with Crippen molar-refractivity contribution in [3.05, 3.63) is 82.2 Å². The number of carbonyl (C=O) groups excluding carboxylic acids is 2. The van der Waals surface area contributed by atoms with E-state index in [0.717, 1.165) is 5.56 Å². The summed E-state index contributed by atoms with van der Waals surface area (Å²) in [6.45, 7) is 0. The third kappa shape index (κ3) is 6.55. The van der Waals surface area contributed by atoms with Crippen LogP contribution >= 0.6 is 15.9 Å². The van der Waals surface area contributed by atoms with Gasteiger partial charge in [0.25, 0.3) is 5.91 Å². The minimum atomic E-state index is -3.60. The molecule has 0 aliphatic rings. The number of carbonyl (C=O) groups is 2. The molecule has 4 N–H and O–H groups in total. The SMILES string of the molecule is NS(=O)(=O)Cc1ccc(NC(=O)Cc2ccc(NC(=O)c3ccc(Br)o3)cc2)cc1. The number of primary sulfonamides is 1. The summed E-state index contributed by atoms with van der Waals surface area (Å²) in [6.07, 6.45) is 0.137. The highest BCUT2D eigenvalue weighted by atomic mass is 79.9. The fourth-order valence-corrected chi connectivity index (χ4v) is 3.61. The number of benzene rings is 2. The third-order valence-corrected chi connectivity index (χ3v) is 5.14. The van der Waals surface area contributed by atoms with Crippen LogP contribution in [-0.2, 0) is 27.0 Å². The number of nitrogens with two attached hydrogens (primary N) is 1. The minimum Gasteiger partial charge on any atom is -0.444 e. The molecule has 0 aliphatic carbocycles. The van der Waals surface area contributed by atoms with Gasteiger partial charge < -0.3 is 15.1 Å². The normalized spacial score (nSPS) is 11.1. The molecule has 3 aromatic rings. The highest BCUT2D eigenvalue weighted by molar-refractivity contribution is 9.10. The van der Waals surface area contributed by atoms with E-state index in [0.29, 0.717) is 21.6 Å². The van der Waals surface area contributed by atoms with Gasteiger partial charge in [-0.3, -0.25) is 9.59 Å². The highest BCUT2D eigenvalue weighted by Crippen LogP contribution is 2.17. The van der Waals surface area contributed by atoms with Crippen LogP contribution in [0, 0.1) is 0 Å². The summed E-state index contributed by atoms with van der Waals surface area (Å²) in [5.74, 6) is -0.690. The van der Waals surface area contributed by atoms with Gasteiger partial charge in [0.15, 0.2) is 10.4 Å². The van der Waals surface area contributed by atoms with E-state index in [2.05, 4.69) is 26.6 Å². The zero-order valence-electron chi connectivity index (χ0n) is 15.6. The summed E-state index contributed by atoms with van der Waals surface area (Å²) in [5, 5.41) is 10.5. The van der Waals surface area contributed by atoms with E-state index in [1.807, 2.05) is 0 Å². The maximum absolute atomic E-state index is 12.2. The molecule has 0 saturated carbocycles. The van der Waals surface area contributed by atoms with Crippen LogP contribution in [0.3, 0.4) is 0 Å². The highest BCUT2D eigenvalue weighted by Gasteiger charge is 2.11. The average molecular weight is 492 g/mol. The van der Waals surface area contributed by atoms with Crippen LogP contribution in [0.5, 0.6) is 0 Å². The van der Waals surface area contributed by atoms with Crippen molar-refractivity contribution in [1.82, 2.24) is 0 Å². The van der Waals surface area contributed by atoms with Crippen LogP contribution in [0.15, 0.2) is 69.8 Å². The van der Waals surface area contributed by atoms with E-state index < -0.39 is 10.0 Å². The molecule has 0 spiro atoms. The van der Waals surface area contributed by atoms with Crippen LogP contribution in [0.25, 0.3) is 0 Å². The van der Waals surface area contributed by atoms with Crippen molar-refractivity contribution in [1.29, 1.82) is 0 Å². The lowest BCUT2D eigenvalue weighted by molar-refractivity contribution is -0.115. The maximum Gasteiger partial charge on any atom is 0.291 e. The summed E-state index contributed by atoms with van der Waals surface area (Å²) >= 11 is 3.14. The standard InChI is InChI=1S/C20H18BrN3O5S/c21-18-10-9-17(29-18)20(26)24-16-5-1-13(2-6-16)11-19(25)23-15-7-3-14(4-8-15)12-30(22,27)28/h1-10H,11-12H2,(H,23,25)(H,24,26)(H2,22,27,28). The van der Waals surface area contributed by atoms with Crippen LogP contribution in [0.1, 0.15) is 21.7 Å². The summed E-state index contributed by atoms with van der Waals surface area (Å²) < 4.78 is 27.9. The molecule has 2 amide bonds. The Morgan fingerprint density at radius 1 is 0.867 bits per heavy atom. The van der Waals surface area contributed by atoms with Gasteiger partial charge in [-0.2, -0.15) is 0 Å². The van der Waals surface area contributed by atoms with Gasteiger partial charge in [0.05, 0.1) is 12.2 Å². The molecule has 0 radical (unpaired) electrons. The van der Waals surface area contributed by atoms with E-state index in [1.165, 1.54) is 0 Å². The van der Waals surface area contributed by atoms with Crippen molar-refractivity contribution in [3.8, 4) is 0 Å². The molecule has 0 saturated heterocycles. The second-order valence-corrected chi connectivity index (χ2v) is 8.88. The van der Waals surface area contributed by atoms with Gasteiger partial charge in [0, 0.05) is 11.4 Å². The quantitative estimate of drug-likeness (QED) is 0.466. The molecule has 2 aromatic carbocycles. The topological polar surface area (TPSA) is 132 Å². The maximum atomic E-state index is 12.2. The number of nitrogens with one attached hydrogen (secondary N) is 2. The number of rotatable bonds is 7. The van der Waals surface area contributed by atoms with Crippen molar-refractivity contribution < 1.29 is 22.4 Å². The number of hydrogen-bond donors (Lipinski definition) is 3. The number of anilines is 2. The van der Waals surface area contributed by atoms with Gasteiger partial charge in [-0.1, -0.05) is 24.3 Å². The van der Waals surface area contributed by atoms with Crippen molar-refractivity contribution in [2.24, 2.45) is 5.14 Å². The van der Waals surface area contributed by atoms with Crippen molar-refractivity contribution in [2.45, 2.75) is 12.2 Å². The van der Waals surface area contributed by atoms with E-state index in [9.17, 15) is 18.0 Å². The molecule has 0 bridgehead atoms. The van der Waals surface area contributed by atoms with E-state index in [-0.39, 0.29) is 29.7 Å². The molecule has 10 heteroatoms. The monoisotopic (exact) mass is 491 g/mol. The Hall–Kier alpha value is -2.95. The number of sulfonamides is 1. The van der Waals surface area contributed by atoms with Gasteiger partial charge in [0.2, 0.25) is 15.9 Å². The first kappa shape index (κ1) is 21.8. The molecule has 0 unspecified atom stereocenters. The second kappa shape index (κ2) is 9.24. The number of amides is 2. The zero-order valence-corrected chi connectivity index (χ0v) is 18.0. The number of hydrogen-bond acceptors (Lipinski definition) is 5. The van der Waals surface area contributed by atoms with Crippen molar-refractivity contribution in [2.75, 3.05) is 10.6 Å². The van der Waals surface area contributed by atoms with E-state index in [1.54, 1.807) is 60.7 Å². The van der Waals surface area contributed by atoms with Crippen LogP contribution < -0.4 is 15.8 Å². The van der Waals surface area contributed by atoms with E-state index >= 15 is 0 Å². The Morgan fingerprint density at radius 3 is 1.97 bits per heavy atom. The Morgan fingerprint density at radius 2 is 1.43 bits per heavy atom. The predicted molar refractivity (Wildman–Crippen MR) is 116 cm³/mol. The molecular formula is C20H18BrN3O5S. The Labute approximate surface area is 181 Å². The van der Waals surface area contributed by atoms with Gasteiger partial charge in [-0.15, -0.1) is 0 Å². The predicted octanol–water partition coefficient (Wildman–Crippen LogP) is 3.26. The average Bonchev–Trinajstić information content (AvgIpc) is 3.10. The summed E-state index contributed by atoms with van der Waals surface area (Å²) in [7, 11) is -3.60. The molecule has 1 aromatic heterocycles. The fourth-order valence-electron chi connectivity index (χ4n) is 2.64. The zero-order chi connectivity index (χ0) is 21.7. The molecule has 3 rings (SSSR count). The molecule has 156 valence electrons. The Bertz CT molecular complexity index is 1160. The largest absolute Gasteiger partial charge is 0.444 e. The van der Waals surface area contributed by atoms with Gasteiger partial charge in [-0.05, 0) is 63.5 Å². The summed E-state index contributed by atoms with van der Waals surface area (Å²) in [5.41, 5.74) is 2.42. The molecule has 8 nitrogen and oxygen atoms in total. The molecule has 1 heterocycles. The van der Waals surface area contributed by atoms with Crippen molar-refractivity contribution in [3.63, 3.8) is 0 Å². The number of furan rings is 1. The van der Waals surface area contributed by atoms with Gasteiger partial charge in [0.1, 0.15) is 0 Å². The van der Waals surface area contributed by atoms with Crippen molar-refractivity contribution >= 4 is 49.1 Å². The first-order chi connectivity index (χ1) is 14.2. The molecular weight excluding hydrogens is 474 g/mol. The van der Waals surface area contributed by atoms with E-state index in [4.69, 9.17) is 9.56 Å². The molecule has 0 fully saturated rings. The van der Waals surface area contributed by atoms with Gasteiger partial charge in [-0.25, -0.2) is 13.6 Å². The minimum absolute atomic E-state index is 0.137. The van der Waals surface area contributed by atoms with Crippen LogP contribution in [-0.4, -0.2) is 20.2 Å². The second-order valence-electron chi connectivity index (χ2n) is 6.48. The Kier molecular flexibility index (Phi) is 6.70. The lowest BCUT2D eigenvalue weighted by Crippen LogP contribution is -2.15. The fraction of sp³-hybridized carbons (Fsp3) is 0.100. The lowest BCUT2D eigenvalue weighted by Gasteiger charge is -2.08. The summed E-state index contributed by atoms with van der Waals surface area (Å²) in [6, 6.07) is 16.5. The smallest absolute Gasteiger partial charge is 0.291 e. The molecule has 30 heavy (non-hydrogen) atoms. The Balaban J connectivity index is 1.53. The lowest BCUT2D eigenvalue weighted by atomic mass is 10.1. The first-order valence-electron chi connectivity index (χ1n) is 8.73. The molecule has 0 atom stereocenters. The summed E-state index contributed by atoms with van der Waals surface area (Å²) in [4.78, 5) is 24.3. The number of halogens is 1. The first-order valence-corrected chi connectivity index (χ1v) is 11.2. The van der Waals surface area contributed by atoms with Gasteiger partial charge >= 0.3 is 0 Å². The molecule has 0 aliphatic heterocycles. The van der Waals surface area contributed by atoms with Crippen LogP contribution in [0.4, 0.5) is 11.4 Å². The third-order valence-electron chi connectivity index (χ3n) is 3.98. The van der Waals surface area contributed by atoms with Crippen LogP contribution in [0.2, 0.25) is 0 Å².